The van der Waals surface area contributed by atoms with Crippen LogP contribution in [-0.4, -0.2) is 66.1 Å². The summed E-state index contributed by atoms with van der Waals surface area (Å²) in [6.45, 7) is 4.43. The molecular formula is C19H22F3N5O3S. The number of alkyl halides is 3. The summed E-state index contributed by atoms with van der Waals surface area (Å²) in [5.41, 5.74) is -0.240. The number of ether oxygens (including phenoxy) is 1. The highest BCUT2D eigenvalue weighted by molar-refractivity contribution is 7.13. The second-order valence-electron chi connectivity index (χ2n) is 6.84. The molecule has 1 aliphatic heterocycles. The number of pyridine rings is 1. The molecule has 8 nitrogen and oxygen atoms in total. The molecule has 0 spiro atoms. The van der Waals surface area contributed by atoms with Crippen molar-refractivity contribution in [2.75, 3.05) is 49.5 Å². The largest absolute Gasteiger partial charge is 0.466 e. The zero-order valence-electron chi connectivity index (χ0n) is 16.8. The van der Waals surface area contributed by atoms with Crippen LogP contribution in [0.25, 0.3) is 0 Å². The highest BCUT2D eigenvalue weighted by Gasteiger charge is 2.31. The Morgan fingerprint density at radius 2 is 1.97 bits per heavy atom. The number of halogens is 3. The number of aromatic nitrogens is 2. The Morgan fingerprint density at radius 1 is 1.23 bits per heavy atom. The van der Waals surface area contributed by atoms with Crippen LogP contribution < -0.4 is 10.2 Å². The van der Waals surface area contributed by atoms with Crippen molar-refractivity contribution >= 4 is 34.2 Å². The monoisotopic (exact) mass is 457 g/mol. The molecule has 1 saturated heterocycles. The van der Waals surface area contributed by atoms with E-state index in [1.807, 2.05) is 9.80 Å². The van der Waals surface area contributed by atoms with Gasteiger partial charge in [-0.3, -0.25) is 14.5 Å². The number of esters is 1. The number of carbonyl (C=O) groups excluding carboxylic acids is 2. The molecule has 2 aromatic heterocycles. The van der Waals surface area contributed by atoms with Gasteiger partial charge in [0.05, 0.1) is 30.8 Å². The molecule has 31 heavy (non-hydrogen) atoms. The van der Waals surface area contributed by atoms with Crippen molar-refractivity contribution in [1.29, 1.82) is 0 Å². The predicted octanol–water partition coefficient (Wildman–Crippen LogP) is 2.42. The van der Waals surface area contributed by atoms with Gasteiger partial charge in [0, 0.05) is 37.8 Å². The lowest BCUT2D eigenvalue weighted by molar-refractivity contribution is -0.142. The minimum atomic E-state index is -4.41. The number of nitrogens with one attached hydrogen (secondary N) is 1. The van der Waals surface area contributed by atoms with Gasteiger partial charge >= 0.3 is 12.1 Å². The van der Waals surface area contributed by atoms with Gasteiger partial charge in [-0.05, 0) is 19.1 Å². The molecule has 3 heterocycles. The average molecular weight is 457 g/mol. The fourth-order valence-electron chi connectivity index (χ4n) is 3.04. The molecule has 0 aromatic carbocycles. The van der Waals surface area contributed by atoms with Crippen molar-refractivity contribution in [3.8, 4) is 0 Å². The highest BCUT2D eigenvalue weighted by atomic mass is 32.1. The Kier molecular flexibility index (Phi) is 7.44. The van der Waals surface area contributed by atoms with E-state index < -0.39 is 11.7 Å². The number of hydrogen-bond acceptors (Lipinski definition) is 8. The van der Waals surface area contributed by atoms with Crippen molar-refractivity contribution in [2.24, 2.45) is 0 Å². The van der Waals surface area contributed by atoms with Gasteiger partial charge in [-0.2, -0.15) is 13.2 Å². The highest BCUT2D eigenvalue weighted by Crippen LogP contribution is 2.29. The smallest absolute Gasteiger partial charge is 0.417 e. The molecule has 168 valence electrons. The van der Waals surface area contributed by atoms with Crippen LogP contribution in [0.4, 0.5) is 24.1 Å². The van der Waals surface area contributed by atoms with Crippen molar-refractivity contribution in [3.05, 3.63) is 35.0 Å². The molecule has 12 heteroatoms. The van der Waals surface area contributed by atoms with Crippen molar-refractivity contribution in [1.82, 2.24) is 14.9 Å². The number of amides is 1. The van der Waals surface area contributed by atoms with Gasteiger partial charge in [-0.1, -0.05) is 0 Å². The Balaban J connectivity index is 1.44. The van der Waals surface area contributed by atoms with E-state index in [0.717, 1.165) is 12.3 Å². The lowest BCUT2D eigenvalue weighted by Gasteiger charge is -2.35. The third-order valence-electron chi connectivity index (χ3n) is 4.57. The molecular weight excluding hydrogens is 435 g/mol. The molecule has 0 unspecified atom stereocenters. The molecule has 0 radical (unpaired) electrons. The van der Waals surface area contributed by atoms with Crippen LogP contribution in [0, 0.1) is 0 Å². The summed E-state index contributed by atoms with van der Waals surface area (Å²) in [6, 6.07) is 2.38. The van der Waals surface area contributed by atoms with Crippen molar-refractivity contribution < 1.29 is 27.5 Å². The third-order valence-corrected chi connectivity index (χ3v) is 5.37. The molecule has 1 amide bonds. The number of hydrogen-bond donors (Lipinski definition) is 1. The standard InChI is InChI=1S/C19H22F3N5O3S/c1-2-30-17(29)9-14-12-31-18(24-14)25-16(28)11-26-5-7-27(8-6-26)15-4-3-13(10-23-15)19(20,21)22/h3-4,10,12H,2,5-9,11H2,1H3,(H,24,25,28). The number of carbonyl (C=O) groups is 2. The maximum Gasteiger partial charge on any atom is 0.417 e. The molecule has 3 rings (SSSR count). The summed E-state index contributed by atoms with van der Waals surface area (Å²) in [5.74, 6) is -0.113. The lowest BCUT2D eigenvalue weighted by Crippen LogP contribution is -2.48. The minimum Gasteiger partial charge on any atom is -0.466 e. The summed E-state index contributed by atoms with van der Waals surface area (Å²) < 4.78 is 42.8. The van der Waals surface area contributed by atoms with Gasteiger partial charge in [0.1, 0.15) is 5.82 Å². The van der Waals surface area contributed by atoms with E-state index in [1.54, 1.807) is 12.3 Å². The maximum absolute atomic E-state index is 12.7. The summed E-state index contributed by atoms with van der Waals surface area (Å²) in [4.78, 5) is 35.7. The Labute approximate surface area is 181 Å². The molecule has 2 aromatic rings. The molecule has 0 bridgehead atoms. The molecule has 0 atom stereocenters. The fourth-order valence-corrected chi connectivity index (χ4v) is 3.77. The number of thiazole rings is 1. The van der Waals surface area contributed by atoms with Crippen LogP contribution in [0.3, 0.4) is 0 Å². The van der Waals surface area contributed by atoms with Gasteiger partial charge in [0.2, 0.25) is 5.91 Å². The van der Waals surface area contributed by atoms with E-state index in [1.165, 1.54) is 17.4 Å². The van der Waals surface area contributed by atoms with E-state index in [0.29, 0.717) is 49.4 Å². The normalized spacial score (nSPS) is 15.0. The number of piperazine rings is 1. The van der Waals surface area contributed by atoms with E-state index >= 15 is 0 Å². The third kappa shape index (κ3) is 6.62. The van der Waals surface area contributed by atoms with Crippen LogP contribution in [0.5, 0.6) is 0 Å². The molecule has 0 aliphatic carbocycles. The van der Waals surface area contributed by atoms with Crippen molar-refractivity contribution in [2.45, 2.75) is 19.5 Å². The number of rotatable bonds is 7. The zero-order chi connectivity index (χ0) is 22.4. The fraction of sp³-hybridized carbons (Fsp3) is 0.474. The summed E-state index contributed by atoms with van der Waals surface area (Å²) in [6.07, 6.45) is -3.52. The van der Waals surface area contributed by atoms with Gasteiger partial charge in [0.15, 0.2) is 5.13 Å². The minimum absolute atomic E-state index is 0.0557. The van der Waals surface area contributed by atoms with Gasteiger partial charge in [-0.25, -0.2) is 9.97 Å². The lowest BCUT2D eigenvalue weighted by atomic mass is 10.2. The first-order valence-electron chi connectivity index (χ1n) is 9.65. The van der Waals surface area contributed by atoms with E-state index in [4.69, 9.17) is 4.74 Å². The first-order valence-corrected chi connectivity index (χ1v) is 10.5. The van der Waals surface area contributed by atoms with Gasteiger partial charge in [0.25, 0.3) is 0 Å². The Bertz CT molecular complexity index is 896. The van der Waals surface area contributed by atoms with Crippen LogP contribution in [0.15, 0.2) is 23.7 Å². The summed E-state index contributed by atoms with van der Waals surface area (Å²) in [7, 11) is 0. The Morgan fingerprint density at radius 3 is 2.58 bits per heavy atom. The average Bonchev–Trinajstić information content (AvgIpc) is 3.14. The Hall–Kier alpha value is -2.73. The van der Waals surface area contributed by atoms with E-state index in [-0.39, 0.29) is 24.8 Å². The first-order chi connectivity index (χ1) is 14.7. The topological polar surface area (TPSA) is 87.7 Å². The number of nitrogens with zero attached hydrogens (tertiary/aromatic N) is 4. The van der Waals surface area contributed by atoms with Gasteiger partial charge in [-0.15, -0.1) is 11.3 Å². The van der Waals surface area contributed by atoms with Crippen molar-refractivity contribution in [3.63, 3.8) is 0 Å². The second kappa shape index (κ2) is 10.1. The first kappa shape index (κ1) is 22.9. The quantitative estimate of drug-likeness (QED) is 0.639. The molecule has 1 N–H and O–H groups in total. The number of anilines is 2. The summed E-state index contributed by atoms with van der Waals surface area (Å²) in [5, 5.41) is 4.83. The molecule has 1 aliphatic rings. The maximum atomic E-state index is 12.7. The van der Waals surface area contributed by atoms with Crippen LogP contribution >= 0.6 is 11.3 Å². The SMILES string of the molecule is CCOC(=O)Cc1csc(NC(=O)CN2CCN(c3ccc(C(F)(F)F)cn3)CC2)n1. The second-order valence-corrected chi connectivity index (χ2v) is 7.70. The summed E-state index contributed by atoms with van der Waals surface area (Å²) >= 11 is 1.23. The predicted molar refractivity (Wildman–Crippen MR) is 109 cm³/mol. The molecule has 0 saturated carbocycles. The van der Waals surface area contributed by atoms with Gasteiger partial charge < -0.3 is 15.0 Å². The van der Waals surface area contributed by atoms with Crippen LogP contribution in [0.2, 0.25) is 0 Å². The zero-order valence-corrected chi connectivity index (χ0v) is 17.6. The van der Waals surface area contributed by atoms with E-state index in [2.05, 4.69) is 15.3 Å². The molecule has 1 fully saturated rings. The van der Waals surface area contributed by atoms with Crippen LogP contribution in [0.1, 0.15) is 18.2 Å². The van der Waals surface area contributed by atoms with Crippen LogP contribution in [-0.2, 0) is 26.9 Å². The van der Waals surface area contributed by atoms with E-state index in [9.17, 15) is 22.8 Å².